The Balaban J connectivity index is 2.27. The number of ether oxygens (including phenoxy) is 1. The predicted molar refractivity (Wildman–Crippen MR) is 63.1 cm³/mol. The van der Waals surface area contributed by atoms with Crippen LogP contribution >= 0.6 is 12.2 Å². The molecule has 0 aromatic carbocycles. The lowest BCUT2D eigenvalue weighted by molar-refractivity contribution is -0.129. The summed E-state index contributed by atoms with van der Waals surface area (Å²) in [5.74, 6) is 0. The van der Waals surface area contributed by atoms with Gasteiger partial charge in [0.2, 0.25) is 0 Å². The van der Waals surface area contributed by atoms with Crippen molar-refractivity contribution in [3.8, 4) is 0 Å². The van der Waals surface area contributed by atoms with Gasteiger partial charge in [-0.05, 0) is 25.6 Å². The lowest BCUT2D eigenvalue weighted by Crippen LogP contribution is -2.53. The quantitative estimate of drug-likeness (QED) is 0.793. The zero-order chi connectivity index (χ0) is 11.9. The zero-order valence-electron chi connectivity index (χ0n) is 9.74. The molecule has 1 aromatic rings. The third-order valence-corrected chi connectivity index (χ3v) is 3.82. The van der Waals surface area contributed by atoms with Crippen LogP contribution in [0.2, 0.25) is 0 Å². The van der Waals surface area contributed by atoms with Crippen LogP contribution in [0.15, 0.2) is 4.79 Å². The molecule has 2 atom stereocenters. The van der Waals surface area contributed by atoms with Gasteiger partial charge in [-0.1, -0.05) is 13.8 Å². The third-order valence-electron chi connectivity index (χ3n) is 3.52. The molecule has 0 radical (unpaired) electrons. The summed E-state index contributed by atoms with van der Waals surface area (Å²) >= 11 is 5.09. The lowest BCUT2D eigenvalue weighted by atomic mass is 9.64. The number of hydrogen-bond donors (Lipinski definition) is 2. The second kappa shape index (κ2) is 3.85. The molecule has 0 bridgehead atoms. The highest BCUT2D eigenvalue weighted by Crippen LogP contribution is 2.50. The largest absolute Gasteiger partial charge is 0.378 e. The Morgan fingerprint density at radius 2 is 2.25 bits per heavy atom. The van der Waals surface area contributed by atoms with E-state index < -0.39 is 0 Å². The maximum atomic E-state index is 11.6. The SMILES string of the molecule is CCOC1CC(n2c(=O)[nH][nH]c2=S)C1(C)C. The number of aromatic amines is 2. The van der Waals surface area contributed by atoms with Gasteiger partial charge in [0.25, 0.3) is 0 Å². The fraction of sp³-hybridized carbons (Fsp3) is 0.800. The zero-order valence-corrected chi connectivity index (χ0v) is 10.6. The first-order valence-electron chi connectivity index (χ1n) is 5.49. The normalized spacial score (nSPS) is 27.7. The van der Waals surface area contributed by atoms with E-state index in [0.717, 1.165) is 6.42 Å². The Bertz CT molecular complexity index is 457. The molecule has 16 heavy (non-hydrogen) atoms. The fourth-order valence-corrected chi connectivity index (χ4v) is 2.65. The first-order valence-corrected chi connectivity index (χ1v) is 5.90. The minimum Gasteiger partial charge on any atom is -0.378 e. The van der Waals surface area contributed by atoms with Gasteiger partial charge in [-0.15, -0.1) is 0 Å². The smallest absolute Gasteiger partial charge is 0.342 e. The van der Waals surface area contributed by atoms with Crippen LogP contribution < -0.4 is 5.69 Å². The van der Waals surface area contributed by atoms with E-state index in [1.165, 1.54) is 0 Å². The average molecular weight is 243 g/mol. The van der Waals surface area contributed by atoms with Crippen LogP contribution in [0, 0.1) is 10.2 Å². The molecule has 2 unspecified atom stereocenters. The van der Waals surface area contributed by atoms with Crippen LogP contribution in [0.4, 0.5) is 0 Å². The Morgan fingerprint density at radius 1 is 1.56 bits per heavy atom. The van der Waals surface area contributed by atoms with Crippen LogP contribution in [-0.4, -0.2) is 27.5 Å². The maximum absolute atomic E-state index is 11.6. The van der Waals surface area contributed by atoms with Crippen molar-refractivity contribution in [2.75, 3.05) is 6.61 Å². The van der Waals surface area contributed by atoms with Crippen LogP contribution in [-0.2, 0) is 4.74 Å². The highest BCUT2D eigenvalue weighted by molar-refractivity contribution is 7.71. The molecular weight excluding hydrogens is 226 g/mol. The van der Waals surface area contributed by atoms with Crippen molar-refractivity contribution in [2.45, 2.75) is 39.3 Å². The molecule has 1 saturated carbocycles. The molecule has 1 aliphatic carbocycles. The molecule has 90 valence electrons. The van der Waals surface area contributed by atoms with Gasteiger partial charge in [-0.2, -0.15) is 0 Å². The highest BCUT2D eigenvalue weighted by Gasteiger charge is 2.50. The van der Waals surface area contributed by atoms with Gasteiger partial charge in [0.1, 0.15) is 0 Å². The average Bonchev–Trinajstić information content (AvgIpc) is 2.54. The van der Waals surface area contributed by atoms with Gasteiger partial charge in [0, 0.05) is 12.0 Å². The molecule has 0 amide bonds. The summed E-state index contributed by atoms with van der Waals surface area (Å²) in [7, 11) is 0. The van der Waals surface area contributed by atoms with Gasteiger partial charge in [0.05, 0.1) is 12.1 Å². The first-order chi connectivity index (χ1) is 7.48. The summed E-state index contributed by atoms with van der Waals surface area (Å²) in [5, 5.41) is 5.18. The van der Waals surface area contributed by atoms with Crippen molar-refractivity contribution in [3.05, 3.63) is 15.3 Å². The molecule has 1 aliphatic rings. The summed E-state index contributed by atoms with van der Waals surface area (Å²) in [6.45, 7) is 6.90. The number of aromatic nitrogens is 3. The summed E-state index contributed by atoms with van der Waals surface area (Å²) < 4.78 is 7.70. The standard InChI is InChI=1S/C10H17N3O2S/c1-4-15-7-5-6(10(7,2)3)13-8(14)11-12-9(13)16/h6-7H,4-5H2,1-3H3,(H,11,14)(H,12,16). The van der Waals surface area contributed by atoms with Gasteiger partial charge in [-0.3, -0.25) is 9.67 Å². The summed E-state index contributed by atoms with van der Waals surface area (Å²) in [4.78, 5) is 11.6. The Labute approximate surface area is 98.8 Å². The molecular formula is C10H17N3O2S. The van der Waals surface area contributed by atoms with Crippen molar-refractivity contribution in [2.24, 2.45) is 5.41 Å². The van der Waals surface area contributed by atoms with Crippen LogP contribution in [0.5, 0.6) is 0 Å². The number of nitrogens with one attached hydrogen (secondary N) is 2. The van der Waals surface area contributed by atoms with Gasteiger partial charge < -0.3 is 4.74 Å². The van der Waals surface area contributed by atoms with Crippen LogP contribution in [0.3, 0.4) is 0 Å². The lowest BCUT2D eigenvalue weighted by Gasteiger charge is -2.51. The highest BCUT2D eigenvalue weighted by atomic mass is 32.1. The summed E-state index contributed by atoms with van der Waals surface area (Å²) in [5.41, 5.74) is -0.221. The number of hydrogen-bond acceptors (Lipinski definition) is 3. The van der Waals surface area contributed by atoms with Crippen molar-refractivity contribution in [3.63, 3.8) is 0 Å². The van der Waals surface area contributed by atoms with Crippen LogP contribution in [0.25, 0.3) is 0 Å². The van der Waals surface area contributed by atoms with E-state index in [1.54, 1.807) is 4.57 Å². The van der Waals surface area contributed by atoms with Gasteiger partial charge in [-0.25, -0.2) is 9.89 Å². The molecule has 2 rings (SSSR count). The van der Waals surface area contributed by atoms with Crippen molar-refractivity contribution >= 4 is 12.2 Å². The van der Waals surface area contributed by atoms with E-state index in [0.29, 0.717) is 11.4 Å². The molecule has 0 aliphatic heterocycles. The van der Waals surface area contributed by atoms with Crippen molar-refractivity contribution in [1.29, 1.82) is 0 Å². The van der Waals surface area contributed by atoms with Crippen molar-refractivity contribution in [1.82, 2.24) is 14.8 Å². The molecule has 1 fully saturated rings. The summed E-state index contributed by atoms with van der Waals surface area (Å²) in [6, 6.07) is 0.117. The summed E-state index contributed by atoms with van der Waals surface area (Å²) in [6.07, 6.45) is 1.05. The monoisotopic (exact) mass is 243 g/mol. The van der Waals surface area contributed by atoms with E-state index in [9.17, 15) is 4.79 Å². The Kier molecular flexibility index (Phi) is 2.79. The fourth-order valence-electron chi connectivity index (χ4n) is 2.39. The number of H-pyrrole nitrogens is 2. The predicted octanol–water partition coefficient (Wildman–Crippen LogP) is 1.61. The second-order valence-electron chi connectivity index (χ2n) is 4.75. The molecule has 1 aromatic heterocycles. The Morgan fingerprint density at radius 3 is 2.69 bits per heavy atom. The van der Waals surface area contributed by atoms with Gasteiger partial charge in [0.15, 0.2) is 4.77 Å². The molecule has 6 heteroatoms. The van der Waals surface area contributed by atoms with Crippen LogP contribution in [0.1, 0.15) is 33.2 Å². The van der Waals surface area contributed by atoms with E-state index in [2.05, 4.69) is 24.0 Å². The minimum absolute atomic E-state index is 0.0522. The first kappa shape index (κ1) is 11.6. The third kappa shape index (κ3) is 1.56. The van der Waals surface area contributed by atoms with Gasteiger partial charge >= 0.3 is 5.69 Å². The number of nitrogens with zero attached hydrogens (tertiary/aromatic N) is 1. The van der Waals surface area contributed by atoms with E-state index in [1.807, 2.05) is 6.92 Å². The molecule has 1 heterocycles. The van der Waals surface area contributed by atoms with E-state index >= 15 is 0 Å². The molecule has 0 spiro atoms. The molecule has 2 N–H and O–H groups in total. The molecule has 5 nitrogen and oxygen atoms in total. The second-order valence-corrected chi connectivity index (χ2v) is 5.13. The van der Waals surface area contributed by atoms with E-state index in [4.69, 9.17) is 17.0 Å². The topological polar surface area (TPSA) is 62.8 Å². The molecule has 0 saturated heterocycles. The number of rotatable bonds is 3. The minimum atomic E-state index is -0.168. The van der Waals surface area contributed by atoms with E-state index in [-0.39, 0.29) is 23.3 Å². The van der Waals surface area contributed by atoms with Crippen molar-refractivity contribution < 1.29 is 4.74 Å². The maximum Gasteiger partial charge on any atom is 0.342 e. The Hall–Kier alpha value is -0.880.